The van der Waals surface area contributed by atoms with Gasteiger partial charge in [-0.15, -0.1) is 0 Å². The van der Waals surface area contributed by atoms with E-state index in [-0.39, 0.29) is 17.6 Å². The summed E-state index contributed by atoms with van der Waals surface area (Å²) in [4.78, 5) is 0. The summed E-state index contributed by atoms with van der Waals surface area (Å²) in [6, 6.07) is 4.81. The lowest BCUT2D eigenvalue weighted by Gasteiger charge is -2.13. The van der Waals surface area contributed by atoms with Crippen molar-refractivity contribution in [3.05, 3.63) is 23.8 Å². The molecule has 138 valence electrons. The minimum Gasteiger partial charge on any atom is -0.490 e. The van der Waals surface area contributed by atoms with Crippen LogP contribution in [0.3, 0.4) is 0 Å². The molecule has 0 saturated carbocycles. The number of alkyl halides is 2. The summed E-state index contributed by atoms with van der Waals surface area (Å²) < 4.78 is 40.6. The van der Waals surface area contributed by atoms with Gasteiger partial charge in [0.1, 0.15) is 0 Å². The van der Waals surface area contributed by atoms with Crippen molar-refractivity contribution in [1.29, 1.82) is 0 Å². The van der Waals surface area contributed by atoms with Crippen molar-refractivity contribution < 1.29 is 23.0 Å². The summed E-state index contributed by atoms with van der Waals surface area (Å²) in [5.41, 5.74) is 2.99. The van der Waals surface area contributed by atoms with Crippen LogP contribution in [0.15, 0.2) is 23.3 Å². The number of halogens is 2. The van der Waals surface area contributed by atoms with Crippen LogP contribution in [-0.4, -0.2) is 43.8 Å². The predicted octanol–water partition coefficient (Wildman–Crippen LogP) is 2.66. The lowest BCUT2D eigenvalue weighted by molar-refractivity contribution is -0.0515. The maximum absolute atomic E-state index is 12.6. The van der Waals surface area contributed by atoms with Crippen LogP contribution in [0.4, 0.5) is 8.78 Å². The van der Waals surface area contributed by atoms with Crippen molar-refractivity contribution in [1.82, 2.24) is 10.7 Å². The zero-order valence-electron chi connectivity index (χ0n) is 13.8. The van der Waals surface area contributed by atoms with Gasteiger partial charge in [-0.05, 0) is 44.1 Å². The third-order valence-electron chi connectivity index (χ3n) is 3.40. The fourth-order valence-corrected chi connectivity index (χ4v) is 2.47. The molecule has 25 heavy (non-hydrogen) atoms. The van der Waals surface area contributed by atoms with Gasteiger partial charge in [0.25, 0.3) is 0 Å². The molecule has 1 aliphatic rings. The normalized spacial score (nSPS) is 17.0. The molecule has 1 aromatic carbocycles. The molecular formula is C16H21F2N3O3S. The summed E-state index contributed by atoms with van der Waals surface area (Å²) in [6.45, 7) is 0.493. The molecule has 2 rings (SSSR count). The molecule has 1 aliphatic heterocycles. The van der Waals surface area contributed by atoms with E-state index in [9.17, 15) is 8.78 Å². The smallest absolute Gasteiger partial charge is 0.387 e. The quantitative estimate of drug-likeness (QED) is 0.415. The minimum absolute atomic E-state index is 0.0665. The number of hydrogen-bond donors (Lipinski definition) is 2. The summed E-state index contributed by atoms with van der Waals surface area (Å²) in [5, 5.41) is 7.27. The third-order valence-corrected chi connectivity index (χ3v) is 3.64. The predicted molar refractivity (Wildman–Crippen MR) is 94.5 cm³/mol. The zero-order valence-corrected chi connectivity index (χ0v) is 14.7. The maximum atomic E-state index is 12.6. The summed E-state index contributed by atoms with van der Waals surface area (Å²) in [5.74, 6) is 0.161. The van der Waals surface area contributed by atoms with Crippen LogP contribution in [0.5, 0.6) is 11.5 Å². The Kier molecular flexibility index (Phi) is 7.80. The van der Waals surface area contributed by atoms with Gasteiger partial charge in [-0.25, -0.2) is 0 Å². The van der Waals surface area contributed by atoms with Gasteiger partial charge in [-0.1, -0.05) is 6.07 Å². The summed E-state index contributed by atoms with van der Waals surface area (Å²) in [6.07, 6.45) is 3.54. The molecule has 9 heteroatoms. The highest BCUT2D eigenvalue weighted by atomic mass is 32.1. The highest BCUT2D eigenvalue weighted by molar-refractivity contribution is 7.80. The number of thiocarbonyl (C=S) groups is 1. The third kappa shape index (κ3) is 6.43. The molecular weight excluding hydrogens is 352 g/mol. The Bertz CT molecular complexity index is 596. The molecule has 1 saturated heterocycles. The fourth-order valence-electron chi connectivity index (χ4n) is 2.33. The number of para-hydroxylation sites is 1. The van der Waals surface area contributed by atoms with Crippen LogP contribution in [0, 0.1) is 0 Å². The fraction of sp³-hybridized carbons (Fsp3) is 0.500. The Hall–Kier alpha value is -2.00. The van der Waals surface area contributed by atoms with Gasteiger partial charge in [-0.2, -0.15) is 13.9 Å². The number of nitrogens with zero attached hydrogens (tertiary/aromatic N) is 1. The molecule has 6 nitrogen and oxygen atoms in total. The van der Waals surface area contributed by atoms with Crippen LogP contribution < -0.4 is 20.2 Å². The monoisotopic (exact) mass is 373 g/mol. The van der Waals surface area contributed by atoms with E-state index in [0.717, 1.165) is 19.4 Å². The molecule has 0 aliphatic carbocycles. The van der Waals surface area contributed by atoms with Crippen molar-refractivity contribution in [3.63, 3.8) is 0 Å². The Morgan fingerprint density at radius 2 is 2.36 bits per heavy atom. The molecule has 0 aromatic heterocycles. The van der Waals surface area contributed by atoms with Gasteiger partial charge >= 0.3 is 6.61 Å². The van der Waals surface area contributed by atoms with E-state index in [2.05, 4.69) is 20.6 Å². The maximum Gasteiger partial charge on any atom is 0.387 e. The molecule has 0 unspecified atom stereocenters. The Morgan fingerprint density at radius 3 is 3.04 bits per heavy atom. The standard InChI is InChI=1S/C16H21F2N3O3S/c1-2-22-13-7-3-5-11(14(13)24-15(17)18)9-20-21-16(25)19-10-12-6-4-8-23-12/h3,5,7,9,12,15H,2,4,6,8,10H2,1H3,(H2,19,21,25)/b20-9-/t12-/m1/s1. The second-order valence-electron chi connectivity index (χ2n) is 5.20. The van der Waals surface area contributed by atoms with Crippen molar-refractivity contribution in [2.45, 2.75) is 32.5 Å². The average Bonchev–Trinajstić information content (AvgIpc) is 3.09. The second-order valence-corrected chi connectivity index (χ2v) is 5.61. The number of hydrogen-bond acceptors (Lipinski definition) is 5. The Morgan fingerprint density at radius 1 is 1.52 bits per heavy atom. The Balaban J connectivity index is 1.94. The number of rotatable bonds is 8. The molecule has 0 amide bonds. The van der Waals surface area contributed by atoms with Gasteiger partial charge in [0, 0.05) is 18.7 Å². The van der Waals surface area contributed by atoms with Gasteiger partial charge in [-0.3, -0.25) is 5.43 Å². The van der Waals surface area contributed by atoms with Gasteiger partial charge < -0.3 is 19.5 Å². The number of nitrogens with one attached hydrogen (secondary N) is 2. The average molecular weight is 373 g/mol. The van der Waals surface area contributed by atoms with E-state index in [1.165, 1.54) is 6.21 Å². The van der Waals surface area contributed by atoms with E-state index in [1.807, 2.05) is 0 Å². The molecule has 0 radical (unpaired) electrons. The Labute approximate surface area is 150 Å². The molecule has 1 heterocycles. The molecule has 1 atom stereocenters. The molecule has 0 bridgehead atoms. The first-order valence-electron chi connectivity index (χ1n) is 7.99. The van der Waals surface area contributed by atoms with Crippen LogP contribution in [0.25, 0.3) is 0 Å². The topological polar surface area (TPSA) is 64.1 Å². The van der Waals surface area contributed by atoms with E-state index in [4.69, 9.17) is 21.7 Å². The van der Waals surface area contributed by atoms with E-state index in [0.29, 0.717) is 23.8 Å². The van der Waals surface area contributed by atoms with Gasteiger partial charge in [0.15, 0.2) is 16.6 Å². The van der Waals surface area contributed by atoms with Crippen LogP contribution in [0.2, 0.25) is 0 Å². The minimum atomic E-state index is -2.96. The van der Waals surface area contributed by atoms with Crippen LogP contribution >= 0.6 is 12.2 Å². The first kappa shape index (κ1) is 19.3. The van der Waals surface area contributed by atoms with Gasteiger partial charge in [0.05, 0.1) is 18.9 Å². The summed E-state index contributed by atoms with van der Waals surface area (Å²) in [7, 11) is 0. The summed E-state index contributed by atoms with van der Waals surface area (Å²) >= 11 is 5.11. The van der Waals surface area contributed by atoms with E-state index < -0.39 is 6.61 Å². The highest BCUT2D eigenvalue weighted by Gasteiger charge is 2.16. The second kappa shape index (κ2) is 10.1. The van der Waals surface area contributed by atoms with Crippen molar-refractivity contribution >= 4 is 23.5 Å². The van der Waals surface area contributed by atoms with Crippen molar-refractivity contribution in [3.8, 4) is 11.5 Å². The zero-order chi connectivity index (χ0) is 18.1. The first-order chi connectivity index (χ1) is 12.1. The van der Waals surface area contributed by atoms with Crippen LogP contribution in [-0.2, 0) is 4.74 Å². The molecule has 1 fully saturated rings. The van der Waals surface area contributed by atoms with Crippen LogP contribution in [0.1, 0.15) is 25.3 Å². The molecule has 0 spiro atoms. The SMILES string of the molecule is CCOc1cccc(/C=N\NC(=S)NC[C@H]2CCCO2)c1OC(F)F. The lowest BCUT2D eigenvalue weighted by atomic mass is 10.2. The van der Waals surface area contributed by atoms with Crippen molar-refractivity contribution in [2.24, 2.45) is 5.10 Å². The highest BCUT2D eigenvalue weighted by Crippen LogP contribution is 2.31. The largest absolute Gasteiger partial charge is 0.490 e. The lowest BCUT2D eigenvalue weighted by Crippen LogP contribution is -2.37. The molecule has 1 aromatic rings. The number of benzene rings is 1. The van der Waals surface area contributed by atoms with Gasteiger partial charge in [0.2, 0.25) is 0 Å². The number of hydrazone groups is 1. The molecule has 2 N–H and O–H groups in total. The van der Waals surface area contributed by atoms with Crippen molar-refractivity contribution in [2.75, 3.05) is 19.8 Å². The van der Waals surface area contributed by atoms with E-state index in [1.54, 1.807) is 25.1 Å². The first-order valence-corrected chi connectivity index (χ1v) is 8.40. The van der Waals surface area contributed by atoms with E-state index >= 15 is 0 Å². The number of ether oxygens (including phenoxy) is 3.